The fourth-order valence-corrected chi connectivity index (χ4v) is 1.45. The molecule has 0 bridgehead atoms. The number of alkyl halides is 3. The number of hydrogen-bond donors (Lipinski definition) is 0. The number of rotatable bonds is 6. The first-order valence-corrected chi connectivity index (χ1v) is 5.94. The molecule has 21 heavy (non-hydrogen) atoms. The molecular formula is C14H13F3O4. The van der Waals surface area contributed by atoms with Crippen LogP contribution in [0.15, 0.2) is 43.0 Å². The van der Waals surface area contributed by atoms with Crippen molar-refractivity contribution in [2.45, 2.75) is 18.7 Å². The first-order chi connectivity index (χ1) is 9.84. The lowest BCUT2D eigenvalue weighted by atomic mass is 10.1. The van der Waals surface area contributed by atoms with E-state index in [1.807, 2.05) is 0 Å². The molecule has 1 unspecified atom stereocenters. The zero-order valence-electron chi connectivity index (χ0n) is 10.9. The van der Waals surface area contributed by atoms with E-state index in [-0.39, 0.29) is 12.2 Å². The van der Waals surface area contributed by atoms with Gasteiger partial charge in [0.2, 0.25) is 0 Å². The van der Waals surface area contributed by atoms with Crippen LogP contribution in [-0.2, 0) is 19.1 Å². The molecule has 1 aromatic rings. The lowest BCUT2D eigenvalue weighted by molar-refractivity contribution is -0.206. The molecule has 1 rings (SSSR count). The van der Waals surface area contributed by atoms with Crippen molar-refractivity contribution in [3.63, 3.8) is 0 Å². The summed E-state index contributed by atoms with van der Waals surface area (Å²) in [5.74, 6) is -3.15. The molecule has 0 aliphatic carbocycles. The minimum Gasteiger partial charge on any atom is -0.461 e. The molecule has 0 radical (unpaired) electrons. The average Bonchev–Trinajstić information content (AvgIpc) is 2.44. The summed E-state index contributed by atoms with van der Waals surface area (Å²) in [6.07, 6.45) is -5.69. The second kappa shape index (κ2) is 7.47. The van der Waals surface area contributed by atoms with Gasteiger partial charge in [0, 0.05) is 0 Å². The van der Waals surface area contributed by atoms with Crippen LogP contribution in [0.3, 0.4) is 0 Å². The second-order valence-electron chi connectivity index (χ2n) is 3.98. The van der Waals surface area contributed by atoms with E-state index in [1.54, 1.807) is 18.2 Å². The summed E-state index contributed by atoms with van der Waals surface area (Å²) < 4.78 is 45.8. The van der Waals surface area contributed by atoms with Crippen LogP contribution in [0, 0.1) is 0 Å². The molecule has 0 heterocycles. The van der Waals surface area contributed by atoms with Crippen LogP contribution < -0.4 is 0 Å². The van der Waals surface area contributed by atoms with Crippen molar-refractivity contribution >= 4 is 11.9 Å². The summed E-state index contributed by atoms with van der Waals surface area (Å²) in [5.41, 5.74) is 0.269. The molecule has 0 aliphatic rings. The summed E-state index contributed by atoms with van der Waals surface area (Å²) >= 11 is 0. The minimum atomic E-state index is -5.13. The van der Waals surface area contributed by atoms with Gasteiger partial charge in [0.15, 0.2) is 0 Å². The number of carbonyl (C=O) groups is 2. The fourth-order valence-electron chi connectivity index (χ4n) is 1.45. The van der Waals surface area contributed by atoms with Crippen LogP contribution in [0.2, 0.25) is 0 Å². The van der Waals surface area contributed by atoms with Crippen molar-refractivity contribution < 1.29 is 32.2 Å². The van der Waals surface area contributed by atoms with E-state index < -0.39 is 30.6 Å². The summed E-state index contributed by atoms with van der Waals surface area (Å²) in [6.45, 7) is 3.26. The Hall–Kier alpha value is -2.31. The third-order valence-electron chi connectivity index (χ3n) is 2.37. The Morgan fingerprint density at radius 2 is 1.86 bits per heavy atom. The van der Waals surface area contributed by atoms with Gasteiger partial charge in [-0.15, -0.1) is 0 Å². The number of halogens is 3. The normalized spacial score (nSPS) is 12.3. The van der Waals surface area contributed by atoms with E-state index in [0.29, 0.717) is 0 Å². The molecule has 0 spiro atoms. The Kier molecular flexibility index (Phi) is 5.95. The van der Waals surface area contributed by atoms with Crippen molar-refractivity contribution in [1.29, 1.82) is 0 Å². The van der Waals surface area contributed by atoms with E-state index in [0.717, 1.165) is 0 Å². The zero-order chi connectivity index (χ0) is 15.9. The largest absolute Gasteiger partial charge is 0.490 e. The van der Waals surface area contributed by atoms with Crippen LogP contribution in [0.25, 0.3) is 0 Å². The van der Waals surface area contributed by atoms with E-state index in [9.17, 15) is 22.8 Å². The van der Waals surface area contributed by atoms with Crippen LogP contribution in [0.4, 0.5) is 13.2 Å². The minimum absolute atomic E-state index is 0.0758. The predicted molar refractivity (Wildman–Crippen MR) is 67.1 cm³/mol. The molecule has 0 saturated heterocycles. The average molecular weight is 302 g/mol. The Labute approximate surface area is 119 Å². The summed E-state index contributed by atoms with van der Waals surface area (Å²) in [5, 5.41) is 0. The molecule has 0 fully saturated rings. The van der Waals surface area contributed by atoms with Crippen molar-refractivity contribution in [2.24, 2.45) is 0 Å². The summed E-state index contributed by atoms with van der Waals surface area (Å²) in [7, 11) is 0. The van der Waals surface area contributed by atoms with Gasteiger partial charge in [-0.05, 0) is 5.56 Å². The molecule has 114 valence electrons. The maximum atomic E-state index is 12.3. The maximum Gasteiger partial charge on any atom is 0.490 e. The van der Waals surface area contributed by atoms with Crippen LogP contribution >= 0.6 is 0 Å². The number of esters is 2. The summed E-state index contributed by atoms with van der Waals surface area (Å²) in [4.78, 5) is 22.4. The highest BCUT2D eigenvalue weighted by Crippen LogP contribution is 2.26. The first kappa shape index (κ1) is 16.7. The third kappa shape index (κ3) is 5.68. The highest BCUT2D eigenvalue weighted by Gasteiger charge is 2.42. The van der Waals surface area contributed by atoms with Crippen molar-refractivity contribution in [3.05, 3.63) is 48.6 Å². The van der Waals surface area contributed by atoms with Gasteiger partial charge < -0.3 is 9.47 Å². The Morgan fingerprint density at radius 1 is 1.24 bits per heavy atom. The highest BCUT2D eigenvalue weighted by atomic mass is 19.4. The molecule has 0 saturated carbocycles. The molecule has 4 nitrogen and oxygen atoms in total. The van der Waals surface area contributed by atoms with Gasteiger partial charge in [0.1, 0.15) is 12.7 Å². The molecule has 7 heteroatoms. The Morgan fingerprint density at radius 3 is 2.38 bits per heavy atom. The number of hydrogen-bond acceptors (Lipinski definition) is 4. The van der Waals surface area contributed by atoms with Crippen molar-refractivity contribution in [1.82, 2.24) is 0 Å². The lowest BCUT2D eigenvalue weighted by Crippen LogP contribution is -2.28. The van der Waals surface area contributed by atoms with Gasteiger partial charge in [-0.2, -0.15) is 13.2 Å². The maximum absolute atomic E-state index is 12.3. The Bertz CT molecular complexity index is 497. The number of ether oxygens (including phenoxy) is 2. The zero-order valence-corrected chi connectivity index (χ0v) is 10.9. The van der Waals surface area contributed by atoms with Crippen molar-refractivity contribution in [2.75, 3.05) is 6.61 Å². The second-order valence-corrected chi connectivity index (χ2v) is 3.98. The SMILES string of the molecule is C=CCOC(=O)CC(OC(=O)C(F)(F)F)c1ccccc1. The van der Waals surface area contributed by atoms with Crippen LogP contribution in [-0.4, -0.2) is 24.7 Å². The number of benzene rings is 1. The van der Waals surface area contributed by atoms with Crippen molar-refractivity contribution in [3.8, 4) is 0 Å². The highest BCUT2D eigenvalue weighted by molar-refractivity contribution is 5.77. The topological polar surface area (TPSA) is 52.6 Å². The Balaban J connectivity index is 2.83. The van der Waals surface area contributed by atoms with Gasteiger partial charge in [-0.3, -0.25) is 4.79 Å². The van der Waals surface area contributed by atoms with E-state index >= 15 is 0 Å². The van der Waals surface area contributed by atoms with Crippen LogP contribution in [0.5, 0.6) is 0 Å². The van der Waals surface area contributed by atoms with E-state index in [4.69, 9.17) is 0 Å². The molecule has 0 aliphatic heterocycles. The van der Waals surface area contributed by atoms with Crippen LogP contribution in [0.1, 0.15) is 18.1 Å². The van der Waals surface area contributed by atoms with Gasteiger partial charge >= 0.3 is 18.1 Å². The predicted octanol–water partition coefficient (Wildman–Crippen LogP) is 2.95. The summed E-state index contributed by atoms with van der Waals surface area (Å²) in [6, 6.07) is 7.66. The van der Waals surface area contributed by atoms with Gasteiger partial charge in [0.05, 0.1) is 6.42 Å². The molecule has 0 amide bonds. The fraction of sp³-hybridized carbons (Fsp3) is 0.286. The monoisotopic (exact) mass is 302 g/mol. The van der Waals surface area contributed by atoms with E-state index in [1.165, 1.54) is 18.2 Å². The molecule has 0 aromatic heterocycles. The van der Waals surface area contributed by atoms with E-state index in [2.05, 4.69) is 16.1 Å². The van der Waals surface area contributed by atoms with Gasteiger partial charge in [-0.1, -0.05) is 43.0 Å². The number of carbonyl (C=O) groups excluding carboxylic acids is 2. The smallest absolute Gasteiger partial charge is 0.461 e. The molecule has 0 N–H and O–H groups in total. The van der Waals surface area contributed by atoms with Gasteiger partial charge in [0.25, 0.3) is 0 Å². The molecule has 1 aromatic carbocycles. The first-order valence-electron chi connectivity index (χ1n) is 5.94. The third-order valence-corrected chi connectivity index (χ3v) is 2.37. The lowest BCUT2D eigenvalue weighted by Gasteiger charge is -2.18. The van der Waals surface area contributed by atoms with Gasteiger partial charge in [-0.25, -0.2) is 4.79 Å². The molecular weight excluding hydrogens is 289 g/mol. The quantitative estimate of drug-likeness (QED) is 0.599. The standard InChI is InChI=1S/C14H13F3O4/c1-2-8-20-12(18)9-11(10-6-4-3-5-7-10)21-13(19)14(15,16)17/h2-7,11H,1,8-9H2. The molecule has 1 atom stereocenters.